The van der Waals surface area contributed by atoms with Crippen molar-refractivity contribution in [1.29, 1.82) is 0 Å². The Bertz CT molecular complexity index is 946. The lowest BCUT2D eigenvalue weighted by Crippen LogP contribution is -2.35. The molecular formula is C20H19ClN2O5. The molecule has 1 aliphatic carbocycles. The van der Waals surface area contributed by atoms with Gasteiger partial charge in [0.05, 0.1) is 33.0 Å². The maximum Gasteiger partial charge on any atom is 0.345 e. The fourth-order valence-electron chi connectivity index (χ4n) is 3.04. The molecular weight excluding hydrogens is 384 g/mol. The second kappa shape index (κ2) is 8.31. The van der Waals surface area contributed by atoms with Gasteiger partial charge in [0, 0.05) is 17.3 Å². The number of hydrogen-bond donors (Lipinski definition) is 1. The van der Waals surface area contributed by atoms with Crippen LogP contribution in [0, 0.1) is 5.92 Å². The van der Waals surface area contributed by atoms with Crippen molar-refractivity contribution in [3.63, 3.8) is 0 Å². The Morgan fingerprint density at radius 3 is 2.61 bits per heavy atom. The summed E-state index contributed by atoms with van der Waals surface area (Å²) in [5, 5.41) is 3.68. The first-order chi connectivity index (χ1) is 13.5. The van der Waals surface area contributed by atoms with E-state index in [2.05, 4.69) is 10.3 Å². The van der Waals surface area contributed by atoms with Crippen LogP contribution in [0.3, 0.4) is 0 Å². The number of dihydropyridines is 1. The third kappa shape index (κ3) is 3.80. The maximum absolute atomic E-state index is 12.4. The minimum absolute atomic E-state index is 0.132. The Hall–Kier alpha value is -3.06. The molecule has 0 spiro atoms. The van der Waals surface area contributed by atoms with E-state index in [1.807, 2.05) is 12.1 Å². The number of hydrogen-bond acceptors (Lipinski definition) is 6. The number of benzene rings is 1. The molecule has 1 aliphatic heterocycles. The fraction of sp³-hybridized carbons (Fsp3) is 0.250. The van der Waals surface area contributed by atoms with Gasteiger partial charge in [0.1, 0.15) is 5.57 Å². The zero-order valence-corrected chi connectivity index (χ0v) is 16.4. The van der Waals surface area contributed by atoms with Crippen LogP contribution in [0.5, 0.6) is 11.5 Å². The third-order valence-electron chi connectivity index (χ3n) is 4.40. The Balaban J connectivity index is 1.95. The number of aliphatic imine (C=N–C) groups is 1. The van der Waals surface area contributed by atoms with Crippen LogP contribution in [-0.4, -0.2) is 38.9 Å². The topological polar surface area (TPSA) is 86.2 Å². The van der Waals surface area contributed by atoms with Gasteiger partial charge in [-0.3, -0.25) is 4.79 Å². The van der Waals surface area contributed by atoms with E-state index in [4.69, 9.17) is 25.8 Å². The van der Waals surface area contributed by atoms with Crippen LogP contribution < -0.4 is 14.8 Å². The Labute approximate surface area is 167 Å². The number of halogens is 1. The predicted molar refractivity (Wildman–Crippen MR) is 104 cm³/mol. The van der Waals surface area contributed by atoms with Crippen LogP contribution >= 0.6 is 11.6 Å². The zero-order chi connectivity index (χ0) is 20.3. The lowest BCUT2D eigenvalue weighted by molar-refractivity contribution is -0.137. The van der Waals surface area contributed by atoms with Crippen LogP contribution in [0.15, 0.2) is 57.7 Å². The standard InChI is InChI=1S/C20H19ClN2O5/c1-26-15-7-4-11(8-16(15)27-2)10-22-18-13-9-12(21)5-6-14(13)23-19(24)17(18)20(25)28-3/h4-9,13,22H,10H2,1-3H3. The molecule has 146 valence electrons. The number of nitrogens with one attached hydrogen (secondary N) is 1. The first-order valence-corrected chi connectivity index (χ1v) is 8.81. The first-order valence-electron chi connectivity index (χ1n) is 8.44. The lowest BCUT2D eigenvalue weighted by Gasteiger charge is -2.27. The molecule has 1 amide bonds. The molecule has 0 bridgehead atoms. The average molecular weight is 403 g/mol. The highest BCUT2D eigenvalue weighted by Gasteiger charge is 2.35. The number of fused-ring (bicyclic) bond motifs is 1. The Kier molecular flexibility index (Phi) is 5.84. The summed E-state index contributed by atoms with van der Waals surface area (Å²) in [4.78, 5) is 28.6. The van der Waals surface area contributed by atoms with Gasteiger partial charge in [-0.15, -0.1) is 0 Å². The van der Waals surface area contributed by atoms with Gasteiger partial charge < -0.3 is 19.5 Å². The number of ether oxygens (including phenoxy) is 3. The van der Waals surface area contributed by atoms with E-state index in [0.29, 0.717) is 34.5 Å². The van der Waals surface area contributed by atoms with E-state index in [9.17, 15) is 9.59 Å². The molecule has 3 rings (SSSR count). The summed E-state index contributed by atoms with van der Waals surface area (Å²) in [6.45, 7) is 0.336. The highest BCUT2D eigenvalue weighted by molar-refractivity contribution is 6.33. The van der Waals surface area contributed by atoms with Crippen molar-refractivity contribution >= 4 is 29.2 Å². The number of allylic oxidation sites excluding steroid dienone is 4. The van der Waals surface area contributed by atoms with Crippen molar-refractivity contribution in [3.8, 4) is 11.5 Å². The second-order valence-electron chi connectivity index (χ2n) is 6.03. The van der Waals surface area contributed by atoms with Crippen molar-refractivity contribution in [2.45, 2.75) is 6.54 Å². The largest absolute Gasteiger partial charge is 0.493 e. The minimum atomic E-state index is -0.748. The molecule has 7 nitrogen and oxygen atoms in total. The van der Waals surface area contributed by atoms with Crippen molar-refractivity contribution in [3.05, 3.63) is 58.3 Å². The van der Waals surface area contributed by atoms with Crippen molar-refractivity contribution in [2.24, 2.45) is 10.9 Å². The molecule has 1 aromatic carbocycles. The van der Waals surface area contributed by atoms with Gasteiger partial charge in [-0.2, -0.15) is 0 Å². The summed E-state index contributed by atoms with van der Waals surface area (Å²) in [5.41, 5.74) is 1.65. The first kappa shape index (κ1) is 19.7. The van der Waals surface area contributed by atoms with Crippen molar-refractivity contribution in [1.82, 2.24) is 5.32 Å². The smallest absolute Gasteiger partial charge is 0.345 e. The summed E-state index contributed by atoms with van der Waals surface area (Å²) >= 11 is 6.13. The van der Waals surface area contributed by atoms with Crippen LogP contribution in [0.1, 0.15) is 5.56 Å². The van der Waals surface area contributed by atoms with Gasteiger partial charge >= 0.3 is 5.97 Å². The van der Waals surface area contributed by atoms with E-state index in [0.717, 1.165) is 5.56 Å². The van der Waals surface area contributed by atoms with Gasteiger partial charge in [0.2, 0.25) is 0 Å². The van der Waals surface area contributed by atoms with Crippen molar-refractivity contribution in [2.75, 3.05) is 21.3 Å². The van der Waals surface area contributed by atoms with Crippen LogP contribution in [-0.2, 0) is 20.9 Å². The molecule has 1 unspecified atom stereocenters. The molecule has 1 N–H and O–H groups in total. The fourth-order valence-corrected chi connectivity index (χ4v) is 3.23. The predicted octanol–water partition coefficient (Wildman–Crippen LogP) is 2.51. The number of carbonyl (C=O) groups is 2. The van der Waals surface area contributed by atoms with E-state index >= 15 is 0 Å². The summed E-state index contributed by atoms with van der Waals surface area (Å²) in [6, 6.07) is 5.45. The quantitative estimate of drug-likeness (QED) is 0.581. The number of rotatable bonds is 6. The van der Waals surface area contributed by atoms with Gasteiger partial charge in [-0.05, 0) is 29.8 Å². The van der Waals surface area contributed by atoms with Gasteiger partial charge in [0.25, 0.3) is 5.91 Å². The summed E-state index contributed by atoms with van der Waals surface area (Å²) < 4.78 is 15.3. The number of carbonyl (C=O) groups excluding carboxylic acids is 2. The summed E-state index contributed by atoms with van der Waals surface area (Å²) in [5.74, 6) is -0.653. The van der Waals surface area contributed by atoms with Crippen molar-refractivity contribution < 1.29 is 23.8 Å². The molecule has 0 aromatic heterocycles. The Morgan fingerprint density at radius 1 is 1.18 bits per heavy atom. The SMILES string of the molecule is COC(=O)C1=C(NCc2ccc(OC)c(OC)c2)C2C=C(Cl)C=CC2=NC1=O. The molecule has 1 heterocycles. The number of methoxy groups -OCH3 is 3. The summed E-state index contributed by atoms with van der Waals surface area (Å²) in [7, 11) is 4.33. The normalized spacial score (nSPS) is 18.1. The second-order valence-corrected chi connectivity index (χ2v) is 6.46. The molecule has 28 heavy (non-hydrogen) atoms. The van der Waals surface area contributed by atoms with Crippen LogP contribution in [0.25, 0.3) is 0 Å². The molecule has 1 atom stereocenters. The van der Waals surface area contributed by atoms with Crippen LogP contribution in [0.4, 0.5) is 0 Å². The molecule has 0 fully saturated rings. The molecule has 0 saturated carbocycles. The summed E-state index contributed by atoms with van der Waals surface area (Å²) in [6.07, 6.45) is 5.04. The van der Waals surface area contributed by atoms with Gasteiger partial charge in [-0.1, -0.05) is 23.7 Å². The molecule has 8 heteroatoms. The van der Waals surface area contributed by atoms with Crippen LogP contribution in [0.2, 0.25) is 0 Å². The monoisotopic (exact) mass is 402 g/mol. The van der Waals surface area contributed by atoms with E-state index in [1.165, 1.54) is 7.11 Å². The molecule has 1 aromatic rings. The van der Waals surface area contributed by atoms with E-state index < -0.39 is 17.8 Å². The zero-order valence-electron chi connectivity index (χ0n) is 15.6. The minimum Gasteiger partial charge on any atom is -0.493 e. The van der Waals surface area contributed by atoms with E-state index in [1.54, 1.807) is 38.5 Å². The number of amides is 1. The third-order valence-corrected chi connectivity index (χ3v) is 4.66. The molecule has 2 aliphatic rings. The maximum atomic E-state index is 12.4. The van der Waals surface area contributed by atoms with Gasteiger partial charge in [0.15, 0.2) is 11.5 Å². The highest BCUT2D eigenvalue weighted by atomic mass is 35.5. The molecule has 0 radical (unpaired) electrons. The Morgan fingerprint density at radius 2 is 1.93 bits per heavy atom. The average Bonchev–Trinajstić information content (AvgIpc) is 2.71. The lowest BCUT2D eigenvalue weighted by atomic mass is 9.88. The highest BCUT2D eigenvalue weighted by Crippen LogP contribution is 2.31. The van der Waals surface area contributed by atoms with E-state index in [-0.39, 0.29) is 5.57 Å². The number of esters is 1. The van der Waals surface area contributed by atoms with Gasteiger partial charge in [-0.25, -0.2) is 9.79 Å². The molecule has 0 saturated heterocycles. The number of nitrogens with zero attached hydrogens (tertiary/aromatic N) is 1.